The average Bonchev–Trinajstić information content (AvgIpc) is 2.54. The maximum absolute atomic E-state index is 11.6. The highest BCUT2D eigenvalue weighted by molar-refractivity contribution is 5.72. The first-order valence-electron chi connectivity index (χ1n) is 8.70. The Labute approximate surface area is 135 Å². The van der Waals surface area contributed by atoms with E-state index in [1.54, 1.807) is 0 Å². The third kappa shape index (κ3) is 10.2. The Bertz CT molecular complexity index is 409. The molecule has 0 heterocycles. The monoisotopic (exact) mass is 302 g/mol. The summed E-state index contributed by atoms with van der Waals surface area (Å²) in [5.74, 6) is -0.130. The zero-order chi connectivity index (χ0) is 15.9. The van der Waals surface area contributed by atoms with E-state index in [0.29, 0.717) is 13.0 Å². The van der Waals surface area contributed by atoms with Gasteiger partial charge in [0.1, 0.15) is 0 Å². The molecule has 1 rings (SSSR count). The van der Waals surface area contributed by atoms with Crippen LogP contribution in [0.25, 0.3) is 6.08 Å². The minimum Gasteiger partial charge on any atom is -0.465 e. The van der Waals surface area contributed by atoms with Crippen LogP contribution in [-0.4, -0.2) is 12.6 Å². The summed E-state index contributed by atoms with van der Waals surface area (Å²) in [5.41, 5.74) is 1.11. The summed E-state index contributed by atoms with van der Waals surface area (Å²) in [6.07, 6.45) is 14.3. The molecule has 0 fully saturated rings. The lowest BCUT2D eigenvalue weighted by Crippen LogP contribution is -2.04. The largest absolute Gasteiger partial charge is 0.465 e. The quantitative estimate of drug-likeness (QED) is 0.362. The highest BCUT2D eigenvalue weighted by Gasteiger charge is 1.99. The van der Waals surface area contributed by atoms with E-state index in [1.165, 1.54) is 44.9 Å². The second-order valence-corrected chi connectivity index (χ2v) is 5.71. The van der Waals surface area contributed by atoms with E-state index >= 15 is 0 Å². The molecular formula is C20H30O2. The third-order valence-electron chi connectivity index (χ3n) is 3.66. The normalized spacial score (nSPS) is 11.0. The van der Waals surface area contributed by atoms with Crippen LogP contribution in [0.1, 0.15) is 70.3 Å². The van der Waals surface area contributed by atoms with Crippen LogP contribution < -0.4 is 0 Å². The van der Waals surface area contributed by atoms with Gasteiger partial charge >= 0.3 is 5.97 Å². The van der Waals surface area contributed by atoms with Crippen LogP contribution in [0.5, 0.6) is 0 Å². The van der Waals surface area contributed by atoms with Crippen LogP contribution in [0, 0.1) is 0 Å². The molecule has 0 atom stereocenters. The van der Waals surface area contributed by atoms with E-state index in [0.717, 1.165) is 12.0 Å². The fourth-order valence-corrected chi connectivity index (χ4v) is 2.34. The van der Waals surface area contributed by atoms with Gasteiger partial charge in [-0.15, -0.1) is 0 Å². The zero-order valence-electron chi connectivity index (χ0n) is 13.9. The van der Waals surface area contributed by atoms with E-state index in [2.05, 4.69) is 6.92 Å². The maximum Gasteiger partial charge on any atom is 0.309 e. The van der Waals surface area contributed by atoms with Crippen molar-refractivity contribution < 1.29 is 9.53 Å². The van der Waals surface area contributed by atoms with Crippen molar-refractivity contribution in [3.63, 3.8) is 0 Å². The molecule has 2 heteroatoms. The van der Waals surface area contributed by atoms with Gasteiger partial charge in [0.25, 0.3) is 0 Å². The van der Waals surface area contributed by atoms with Crippen molar-refractivity contribution >= 4 is 12.0 Å². The standard InChI is InChI=1S/C20H30O2/c1-2-3-4-5-6-7-8-12-18-22-20(21)17-13-16-19-14-10-9-11-15-19/h9-11,13-16H,2-8,12,17-18H2,1H3. The molecule has 0 aliphatic carbocycles. The summed E-state index contributed by atoms with van der Waals surface area (Å²) in [5, 5.41) is 0. The zero-order valence-corrected chi connectivity index (χ0v) is 13.9. The van der Waals surface area contributed by atoms with Crippen molar-refractivity contribution in [3.05, 3.63) is 42.0 Å². The Morgan fingerprint density at radius 3 is 2.27 bits per heavy atom. The van der Waals surface area contributed by atoms with Crippen LogP contribution in [0.4, 0.5) is 0 Å². The van der Waals surface area contributed by atoms with Crippen LogP contribution in [-0.2, 0) is 9.53 Å². The second kappa shape index (κ2) is 13.1. The van der Waals surface area contributed by atoms with Crippen molar-refractivity contribution in [1.29, 1.82) is 0 Å². The van der Waals surface area contributed by atoms with Crippen molar-refractivity contribution in [2.45, 2.75) is 64.7 Å². The van der Waals surface area contributed by atoms with Crippen LogP contribution in [0.2, 0.25) is 0 Å². The van der Waals surface area contributed by atoms with Crippen molar-refractivity contribution in [3.8, 4) is 0 Å². The fourth-order valence-electron chi connectivity index (χ4n) is 2.34. The SMILES string of the molecule is CCCCCCCCCCOC(=O)CC=Cc1ccccc1. The lowest BCUT2D eigenvalue weighted by molar-refractivity contribution is -0.142. The second-order valence-electron chi connectivity index (χ2n) is 5.71. The van der Waals surface area contributed by atoms with Gasteiger partial charge in [0.15, 0.2) is 0 Å². The molecule has 0 saturated carbocycles. The Hall–Kier alpha value is -1.57. The van der Waals surface area contributed by atoms with Crippen LogP contribution in [0.3, 0.4) is 0 Å². The molecule has 0 radical (unpaired) electrons. The van der Waals surface area contributed by atoms with Gasteiger partial charge in [0.2, 0.25) is 0 Å². The lowest BCUT2D eigenvalue weighted by atomic mass is 10.1. The highest BCUT2D eigenvalue weighted by atomic mass is 16.5. The first-order valence-corrected chi connectivity index (χ1v) is 8.70. The summed E-state index contributed by atoms with van der Waals surface area (Å²) in [6, 6.07) is 9.99. The molecule has 22 heavy (non-hydrogen) atoms. The van der Waals surface area contributed by atoms with Gasteiger partial charge in [-0.2, -0.15) is 0 Å². The number of esters is 1. The van der Waals surface area contributed by atoms with Gasteiger partial charge in [-0.05, 0) is 12.0 Å². The Kier molecular flexibility index (Phi) is 11.0. The molecule has 0 bridgehead atoms. The summed E-state index contributed by atoms with van der Waals surface area (Å²) in [6.45, 7) is 2.80. The summed E-state index contributed by atoms with van der Waals surface area (Å²) in [7, 11) is 0. The smallest absolute Gasteiger partial charge is 0.309 e. The molecule has 0 N–H and O–H groups in total. The van der Waals surface area contributed by atoms with Crippen LogP contribution in [0.15, 0.2) is 36.4 Å². The number of rotatable bonds is 12. The molecule has 0 aliphatic heterocycles. The van der Waals surface area contributed by atoms with Gasteiger partial charge in [-0.3, -0.25) is 4.79 Å². The highest BCUT2D eigenvalue weighted by Crippen LogP contribution is 2.08. The van der Waals surface area contributed by atoms with Crippen molar-refractivity contribution in [2.24, 2.45) is 0 Å². The Morgan fingerprint density at radius 1 is 0.955 bits per heavy atom. The number of unbranched alkanes of at least 4 members (excludes halogenated alkanes) is 7. The van der Waals surface area contributed by atoms with Gasteiger partial charge in [0, 0.05) is 0 Å². The topological polar surface area (TPSA) is 26.3 Å². The predicted octanol–water partition coefficient (Wildman–Crippen LogP) is 5.77. The van der Waals surface area contributed by atoms with Gasteiger partial charge < -0.3 is 4.74 Å². The van der Waals surface area contributed by atoms with Crippen molar-refractivity contribution in [2.75, 3.05) is 6.61 Å². The fraction of sp³-hybridized carbons (Fsp3) is 0.550. The molecule has 1 aromatic carbocycles. The van der Waals surface area contributed by atoms with E-state index in [-0.39, 0.29) is 5.97 Å². The summed E-state index contributed by atoms with van der Waals surface area (Å²) < 4.78 is 5.23. The Morgan fingerprint density at radius 2 is 1.59 bits per heavy atom. The van der Waals surface area contributed by atoms with Gasteiger partial charge in [-0.25, -0.2) is 0 Å². The number of ether oxygens (including phenoxy) is 1. The van der Waals surface area contributed by atoms with E-state index in [1.807, 2.05) is 42.5 Å². The molecule has 0 saturated heterocycles. The molecule has 0 aromatic heterocycles. The molecule has 0 aliphatic rings. The Balaban J connectivity index is 1.94. The van der Waals surface area contributed by atoms with Crippen molar-refractivity contribution in [1.82, 2.24) is 0 Å². The predicted molar refractivity (Wildman–Crippen MR) is 93.7 cm³/mol. The molecule has 1 aromatic rings. The third-order valence-corrected chi connectivity index (χ3v) is 3.66. The molecule has 2 nitrogen and oxygen atoms in total. The first-order chi connectivity index (χ1) is 10.8. The minimum absolute atomic E-state index is 0.130. The maximum atomic E-state index is 11.6. The van der Waals surface area contributed by atoms with E-state index in [4.69, 9.17) is 4.74 Å². The minimum atomic E-state index is -0.130. The number of hydrogen-bond donors (Lipinski definition) is 0. The summed E-state index contributed by atoms with van der Waals surface area (Å²) >= 11 is 0. The number of carbonyl (C=O) groups is 1. The molecule has 0 unspecified atom stereocenters. The number of carbonyl (C=O) groups excluding carboxylic acids is 1. The number of hydrogen-bond acceptors (Lipinski definition) is 2. The lowest BCUT2D eigenvalue weighted by Gasteiger charge is -2.03. The van der Waals surface area contributed by atoms with Gasteiger partial charge in [0.05, 0.1) is 13.0 Å². The molecule has 122 valence electrons. The summed E-state index contributed by atoms with van der Waals surface area (Å²) in [4.78, 5) is 11.6. The first kappa shape index (κ1) is 18.5. The van der Waals surface area contributed by atoms with E-state index in [9.17, 15) is 4.79 Å². The average molecular weight is 302 g/mol. The molecular weight excluding hydrogens is 272 g/mol. The molecule has 0 spiro atoms. The van der Waals surface area contributed by atoms with E-state index < -0.39 is 0 Å². The molecule has 0 amide bonds. The van der Waals surface area contributed by atoms with Crippen LogP contribution >= 0.6 is 0 Å². The number of benzene rings is 1. The van der Waals surface area contributed by atoms with Gasteiger partial charge in [-0.1, -0.05) is 94.4 Å².